The summed E-state index contributed by atoms with van der Waals surface area (Å²) in [4.78, 5) is 4.27. The molecule has 1 aromatic heterocycles. The molecule has 1 heterocycles. The third-order valence-corrected chi connectivity index (χ3v) is 3.41. The summed E-state index contributed by atoms with van der Waals surface area (Å²) in [7, 11) is 0. The quantitative estimate of drug-likeness (QED) is 0.845. The zero-order chi connectivity index (χ0) is 16.8. The summed E-state index contributed by atoms with van der Waals surface area (Å²) in [5.74, 6) is -0.224. The van der Waals surface area contributed by atoms with Gasteiger partial charge in [-0.25, -0.2) is 9.55 Å². The second-order valence-corrected chi connectivity index (χ2v) is 4.87. The van der Waals surface area contributed by atoms with E-state index in [1.165, 1.54) is 4.57 Å². The molecule has 0 aliphatic carbocycles. The molecule has 23 heavy (non-hydrogen) atoms. The lowest BCUT2D eigenvalue weighted by molar-refractivity contribution is 0.0324. The first-order chi connectivity index (χ1) is 11.2. The van der Waals surface area contributed by atoms with E-state index in [0.717, 1.165) is 0 Å². The van der Waals surface area contributed by atoms with Gasteiger partial charge < -0.3 is 4.74 Å². The Bertz CT molecular complexity index is 804. The maximum atomic E-state index is 9.57. The average molecular weight is 305 g/mol. The van der Waals surface area contributed by atoms with Gasteiger partial charge in [-0.3, -0.25) is 0 Å². The van der Waals surface area contributed by atoms with E-state index in [4.69, 9.17) is 4.74 Å². The maximum Gasteiger partial charge on any atom is 0.190 e. The number of aromatic nitrogens is 2. The van der Waals surface area contributed by atoms with E-state index in [0.29, 0.717) is 17.9 Å². The van der Waals surface area contributed by atoms with E-state index in [-0.39, 0.29) is 11.5 Å². The Hall–Kier alpha value is -3.14. The van der Waals surface area contributed by atoms with E-state index >= 15 is 0 Å². The SMILES string of the molecule is CCOC(c1nc(C#N)c(-c2ccccc2)n1C#N)C(C)C#N. The number of nitrogens with zero attached hydrogens (tertiary/aromatic N) is 5. The van der Waals surface area contributed by atoms with Gasteiger partial charge in [0.15, 0.2) is 17.7 Å². The molecule has 0 saturated heterocycles. The van der Waals surface area contributed by atoms with Gasteiger partial charge in [0.05, 0.1) is 12.0 Å². The van der Waals surface area contributed by atoms with E-state index in [2.05, 4.69) is 11.1 Å². The fourth-order valence-corrected chi connectivity index (χ4v) is 2.36. The zero-order valence-corrected chi connectivity index (χ0v) is 12.9. The smallest absolute Gasteiger partial charge is 0.190 e. The first-order valence-electron chi connectivity index (χ1n) is 7.17. The average Bonchev–Trinajstić information content (AvgIpc) is 2.98. The molecular formula is C17H15N5O. The molecule has 0 aliphatic rings. The van der Waals surface area contributed by atoms with Crippen LogP contribution in [0.1, 0.15) is 31.5 Å². The van der Waals surface area contributed by atoms with Crippen LogP contribution in [0, 0.1) is 40.0 Å². The van der Waals surface area contributed by atoms with Crippen LogP contribution in [-0.2, 0) is 4.74 Å². The van der Waals surface area contributed by atoms with E-state index in [1.54, 1.807) is 26.0 Å². The molecule has 6 heteroatoms. The summed E-state index contributed by atoms with van der Waals surface area (Å²) in [5, 5.41) is 28.1. The first-order valence-corrected chi connectivity index (χ1v) is 7.17. The van der Waals surface area contributed by atoms with Crippen LogP contribution < -0.4 is 0 Å². The molecule has 2 atom stereocenters. The highest BCUT2D eigenvalue weighted by molar-refractivity contribution is 5.67. The molecule has 0 N–H and O–H groups in total. The summed E-state index contributed by atoms with van der Waals surface area (Å²) in [6, 6.07) is 13.2. The third-order valence-electron chi connectivity index (χ3n) is 3.41. The molecule has 2 rings (SSSR count). The van der Waals surface area contributed by atoms with Crippen LogP contribution >= 0.6 is 0 Å². The summed E-state index contributed by atoms with van der Waals surface area (Å²) in [6.45, 7) is 3.88. The van der Waals surface area contributed by atoms with Crippen molar-refractivity contribution < 1.29 is 4.74 Å². The van der Waals surface area contributed by atoms with Crippen molar-refractivity contribution in [1.29, 1.82) is 15.8 Å². The molecule has 2 unspecified atom stereocenters. The molecule has 2 aromatic rings. The van der Waals surface area contributed by atoms with Crippen molar-refractivity contribution in [3.05, 3.63) is 41.9 Å². The number of benzene rings is 1. The number of hydrogen-bond donors (Lipinski definition) is 0. The van der Waals surface area contributed by atoms with Crippen LogP contribution in [0.5, 0.6) is 0 Å². The molecule has 0 aliphatic heterocycles. The highest BCUT2D eigenvalue weighted by atomic mass is 16.5. The minimum absolute atomic E-state index is 0.141. The molecule has 114 valence electrons. The minimum Gasteiger partial charge on any atom is -0.369 e. The predicted octanol–water partition coefficient (Wildman–Crippen LogP) is 2.99. The summed E-state index contributed by atoms with van der Waals surface area (Å²) in [5.41, 5.74) is 1.27. The largest absolute Gasteiger partial charge is 0.369 e. The standard InChI is InChI=1S/C17H15N5O/c1-3-23-16(12(2)9-18)17-21-14(10-19)15(22(17)11-20)13-7-5-4-6-8-13/h4-8,12,16H,3H2,1-2H3. The van der Waals surface area contributed by atoms with Gasteiger partial charge in [-0.2, -0.15) is 15.8 Å². The number of ether oxygens (including phenoxy) is 1. The highest BCUT2D eigenvalue weighted by Crippen LogP contribution is 2.31. The van der Waals surface area contributed by atoms with Gasteiger partial charge in [0, 0.05) is 12.2 Å². The molecule has 0 amide bonds. The summed E-state index contributed by atoms with van der Waals surface area (Å²) < 4.78 is 6.89. The van der Waals surface area contributed by atoms with Crippen molar-refractivity contribution >= 4 is 0 Å². The van der Waals surface area contributed by atoms with Crippen molar-refractivity contribution in [1.82, 2.24) is 9.55 Å². The number of nitriles is 3. The number of rotatable bonds is 5. The van der Waals surface area contributed by atoms with Gasteiger partial charge in [0.1, 0.15) is 17.9 Å². The van der Waals surface area contributed by atoms with Crippen LogP contribution in [-0.4, -0.2) is 16.2 Å². The second-order valence-electron chi connectivity index (χ2n) is 4.87. The van der Waals surface area contributed by atoms with E-state index < -0.39 is 12.0 Å². The van der Waals surface area contributed by atoms with Crippen LogP contribution in [0.3, 0.4) is 0 Å². The monoisotopic (exact) mass is 305 g/mol. The number of hydrogen-bond acceptors (Lipinski definition) is 5. The molecule has 1 aromatic carbocycles. The van der Waals surface area contributed by atoms with Crippen LogP contribution in [0.2, 0.25) is 0 Å². The maximum absolute atomic E-state index is 9.57. The van der Waals surface area contributed by atoms with Crippen LogP contribution in [0.4, 0.5) is 0 Å². The molecule has 6 nitrogen and oxygen atoms in total. The van der Waals surface area contributed by atoms with Gasteiger partial charge in [-0.05, 0) is 13.8 Å². The first kappa shape index (κ1) is 16.2. The lowest BCUT2D eigenvalue weighted by Crippen LogP contribution is -2.17. The summed E-state index contributed by atoms with van der Waals surface area (Å²) in [6.07, 6.45) is 1.38. The molecule has 0 radical (unpaired) electrons. The second kappa shape index (κ2) is 7.22. The van der Waals surface area contributed by atoms with Crippen molar-refractivity contribution in [3.8, 4) is 29.6 Å². The Balaban J connectivity index is 2.68. The third kappa shape index (κ3) is 3.06. The van der Waals surface area contributed by atoms with Crippen molar-refractivity contribution in [2.24, 2.45) is 5.92 Å². The van der Waals surface area contributed by atoms with E-state index in [9.17, 15) is 15.8 Å². The fourth-order valence-electron chi connectivity index (χ4n) is 2.36. The molecular weight excluding hydrogens is 290 g/mol. The number of imidazole rings is 1. The lowest BCUT2D eigenvalue weighted by Gasteiger charge is -2.18. The normalized spacial score (nSPS) is 12.7. The van der Waals surface area contributed by atoms with E-state index in [1.807, 2.05) is 30.5 Å². The van der Waals surface area contributed by atoms with Gasteiger partial charge in [0.25, 0.3) is 0 Å². The highest BCUT2D eigenvalue weighted by Gasteiger charge is 2.29. The molecule has 0 spiro atoms. The van der Waals surface area contributed by atoms with Crippen LogP contribution in [0.25, 0.3) is 11.3 Å². The topological polar surface area (TPSA) is 98.4 Å². The molecule has 0 saturated carbocycles. The molecule has 0 fully saturated rings. The van der Waals surface area contributed by atoms with Gasteiger partial charge >= 0.3 is 0 Å². The van der Waals surface area contributed by atoms with Gasteiger partial charge in [-0.1, -0.05) is 30.3 Å². The lowest BCUT2D eigenvalue weighted by atomic mass is 10.1. The zero-order valence-electron chi connectivity index (χ0n) is 12.9. The van der Waals surface area contributed by atoms with Crippen molar-refractivity contribution in [2.45, 2.75) is 20.0 Å². The van der Waals surface area contributed by atoms with Gasteiger partial charge in [0.2, 0.25) is 0 Å². The Morgan fingerprint density at radius 3 is 2.43 bits per heavy atom. The van der Waals surface area contributed by atoms with Crippen molar-refractivity contribution in [3.63, 3.8) is 0 Å². The fraction of sp³-hybridized carbons (Fsp3) is 0.294. The Morgan fingerprint density at radius 2 is 1.91 bits per heavy atom. The Labute approximate surface area is 134 Å². The Kier molecular flexibility index (Phi) is 5.10. The van der Waals surface area contributed by atoms with Crippen molar-refractivity contribution in [2.75, 3.05) is 6.61 Å². The predicted molar refractivity (Wildman–Crippen MR) is 82.5 cm³/mol. The Morgan fingerprint density at radius 1 is 1.22 bits per heavy atom. The molecule has 0 bridgehead atoms. The van der Waals surface area contributed by atoms with Crippen LogP contribution in [0.15, 0.2) is 30.3 Å². The van der Waals surface area contributed by atoms with Gasteiger partial charge in [-0.15, -0.1) is 0 Å². The minimum atomic E-state index is -0.672. The summed E-state index contributed by atoms with van der Waals surface area (Å²) >= 11 is 0.